The van der Waals surface area contributed by atoms with Gasteiger partial charge in [-0.1, -0.05) is 70.0 Å². The van der Waals surface area contributed by atoms with Crippen molar-refractivity contribution in [3.05, 3.63) is 183 Å². The molecule has 6 aromatic rings. The Labute approximate surface area is 581 Å². The number of methoxy groups -OCH3 is 1. The Balaban J connectivity index is 0.000000253. The molecule has 0 amide bonds. The van der Waals surface area contributed by atoms with E-state index in [4.69, 9.17) is 19.9 Å². The zero-order valence-electron chi connectivity index (χ0n) is 61.0. The van der Waals surface area contributed by atoms with Crippen molar-refractivity contribution in [1.29, 1.82) is 0 Å². The largest absolute Gasteiger partial charge is 0.480 e. The van der Waals surface area contributed by atoms with E-state index < -0.39 is 65.1 Å². The van der Waals surface area contributed by atoms with Crippen molar-refractivity contribution in [2.75, 3.05) is 59.6 Å². The standard InChI is InChI=1S/C40H53FN2O4.C21H26FNO2.C18H25F3N2O4/c1-10-47-38(46)20-32(34-18-33(16-30(9)40(34)41)39-28(7)14-25(4)15-29(39)8)19-36(44)35(13-24(2)3)43-23-31(27(6)17-37(43)45)11-12-42-21-26(5)22-42;1-6-25-19(24)11-18(23)17-10-16(9-15(5)21(17)22)20-13(3)7-12(2)8-14(20)4;1-11(2)6-15(17(25)26)23-8-12(4-5-22-9-13(10-22)27-3)14(7-16(23)24)18(19,20)21/h14-18,23-24,26,32,35H,10-13,19-22H2,1-9H3;7-10,18H,6,11,23H2,1-5H3;7-8,11,13,15H,4-6,9-10H2,1-3H3,(H,25,26)/t32-,35?;18-;/m00./s1. The lowest BCUT2D eigenvalue weighted by Crippen LogP contribution is -2.52. The molecule has 0 bridgehead atoms. The first-order valence-electron chi connectivity index (χ1n) is 34.5. The Morgan fingerprint density at radius 3 is 1.47 bits per heavy atom. The minimum absolute atomic E-state index is 0.0317. The number of hydrogen-bond acceptors (Lipinski definition) is 12. The third-order valence-electron chi connectivity index (χ3n) is 18.6. The number of likely N-dealkylation sites (tertiary alicyclic amines) is 2. The molecule has 99 heavy (non-hydrogen) atoms. The molecule has 0 saturated carbocycles. The fraction of sp³-hybridized carbons (Fsp3) is 0.519. The van der Waals surface area contributed by atoms with Gasteiger partial charge in [-0.25, -0.2) is 13.6 Å². The average Bonchev–Trinajstić information content (AvgIpc) is 0.803. The van der Waals surface area contributed by atoms with E-state index >= 15 is 4.39 Å². The summed E-state index contributed by atoms with van der Waals surface area (Å²) in [6.07, 6.45) is -0.452. The van der Waals surface area contributed by atoms with Crippen LogP contribution in [0.15, 0.2) is 82.6 Å². The maximum absolute atomic E-state index is 16.1. The maximum Gasteiger partial charge on any atom is 0.416 e. The Bertz CT molecular complexity index is 3910. The molecule has 4 aromatic carbocycles. The van der Waals surface area contributed by atoms with Gasteiger partial charge < -0.3 is 39.1 Å². The molecule has 2 unspecified atom stereocenters. The number of halogens is 5. The number of nitrogens with zero attached hydrogens (tertiary/aromatic N) is 4. The quantitative estimate of drug-likeness (QED) is 0.0366. The van der Waals surface area contributed by atoms with Crippen LogP contribution in [-0.2, 0) is 52.4 Å². The van der Waals surface area contributed by atoms with Crippen molar-refractivity contribution in [3.8, 4) is 22.3 Å². The van der Waals surface area contributed by atoms with E-state index in [0.717, 1.165) is 98.0 Å². The highest BCUT2D eigenvalue weighted by atomic mass is 19.4. The number of carboxylic acid groups (broad SMARTS) is 1. The van der Waals surface area contributed by atoms with Crippen LogP contribution < -0.4 is 16.9 Å². The van der Waals surface area contributed by atoms with Crippen LogP contribution in [0.25, 0.3) is 22.3 Å². The third kappa shape index (κ3) is 21.7. The molecule has 2 aromatic heterocycles. The summed E-state index contributed by atoms with van der Waals surface area (Å²) in [6.45, 7) is 36.2. The van der Waals surface area contributed by atoms with Crippen LogP contribution in [0.4, 0.5) is 22.0 Å². The van der Waals surface area contributed by atoms with E-state index in [9.17, 15) is 51.4 Å². The number of carboxylic acids is 1. The number of hydrogen-bond donors (Lipinski definition) is 2. The lowest BCUT2D eigenvalue weighted by Gasteiger charge is -2.38. The number of carbonyl (C=O) groups is 4. The van der Waals surface area contributed by atoms with Gasteiger partial charge in [0.2, 0.25) is 0 Å². The molecule has 2 fully saturated rings. The Hall–Kier alpha value is -7.65. The van der Waals surface area contributed by atoms with E-state index in [-0.39, 0.29) is 86.0 Å². The molecule has 4 atom stereocenters. The topological polar surface area (TPSA) is 193 Å². The van der Waals surface area contributed by atoms with Crippen LogP contribution in [0.5, 0.6) is 0 Å². The molecule has 15 nitrogen and oxygen atoms in total. The van der Waals surface area contributed by atoms with Gasteiger partial charge in [-0.2, -0.15) is 13.2 Å². The lowest BCUT2D eigenvalue weighted by molar-refractivity contribution is -0.144. The average molecular weight is 1380 g/mol. The number of rotatable bonds is 27. The van der Waals surface area contributed by atoms with Crippen LogP contribution in [-0.4, -0.2) is 113 Å². The third-order valence-corrected chi connectivity index (χ3v) is 18.6. The summed E-state index contributed by atoms with van der Waals surface area (Å²) in [4.78, 5) is 80.6. The number of ketones is 1. The predicted molar refractivity (Wildman–Crippen MR) is 379 cm³/mol. The second-order valence-electron chi connectivity index (χ2n) is 28.2. The van der Waals surface area contributed by atoms with Crippen molar-refractivity contribution in [1.82, 2.24) is 18.9 Å². The molecule has 0 spiro atoms. The molecule has 0 aliphatic carbocycles. The summed E-state index contributed by atoms with van der Waals surface area (Å²) in [5.41, 5.74) is 18.1. The first-order valence-corrected chi connectivity index (χ1v) is 34.5. The summed E-state index contributed by atoms with van der Waals surface area (Å²) in [5, 5.41) is 9.44. The van der Waals surface area contributed by atoms with Crippen molar-refractivity contribution in [2.45, 2.75) is 192 Å². The summed E-state index contributed by atoms with van der Waals surface area (Å²) < 4.78 is 88.7. The molecule has 3 N–H and O–H groups in total. The van der Waals surface area contributed by atoms with Gasteiger partial charge in [0, 0.05) is 94.8 Å². The second kappa shape index (κ2) is 35.6. The zero-order valence-corrected chi connectivity index (χ0v) is 61.0. The first-order chi connectivity index (χ1) is 46.4. The van der Waals surface area contributed by atoms with E-state index in [1.807, 2.05) is 71.7 Å². The fourth-order valence-electron chi connectivity index (χ4n) is 13.9. The zero-order chi connectivity index (χ0) is 73.7. The summed E-state index contributed by atoms with van der Waals surface area (Å²) in [6, 6.07) is 15.1. The number of esters is 2. The fourth-order valence-corrected chi connectivity index (χ4v) is 13.9. The molecule has 540 valence electrons. The molecular weight excluding hydrogens is 1270 g/mol. The van der Waals surface area contributed by atoms with Gasteiger partial charge in [-0.15, -0.1) is 0 Å². The molecule has 2 saturated heterocycles. The number of aryl methyl sites for hydroxylation is 9. The number of Topliss-reactive ketones (excluding diaryl/α,β-unsaturated/α-hetero) is 1. The Morgan fingerprint density at radius 2 is 1.01 bits per heavy atom. The Morgan fingerprint density at radius 1 is 0.576 bits per heavy atom. The number of aromatic nitrogens is 2. The highest BCUT2D eigenvalue weighted by Gasteiger charge is 2.37. The highest BCUT2D eigenvalue weighted by Crippen LogP contribution is 2.39. The summed E-state index contributed by atoms with van der Waals surface area (Å²) >= 11 is 0. The Kier molecular flexibility index (Phi) is 28.9. The van der Waals surface area contributed by atoms with E-state index in [1.165, 1.54) is 5.56 Å². The molecule has 0 radical (unpaired) electrons. The molecule has 2 aliphatic rings. The van der Waals surface area contributed by atoms with Gasteiger partial charge in [0.1, 0.15) is 17.7 Å². The molecular formula is C79H104F5N5O10. The first kappa shape index (κ1) is 80.3. The SMILES string of the molecule is CCOC(=O)C[C@H](CC(=O)C(CC(C)C)n1cc(CCN2CC(C)C2)c(C)cc1=O)c1cc(-c2c(C)cc(C)cc2C)cc(C)c1F.CCOC(=O)C[C@H](N)c1cc(-c2c(C)cc(C)cc2C)cc(C)c1F.COC1CN(CCc2cn(C(CC(C)C)C(=O)O)c(=O)cc2C(F)(F)F)C1. The summed E-state index contributed by atoms with van der Waals surface area (Å²) in [5.74, 6) is -3.05. The van der Waals surface area contributed by atoms with Gasteiger partial charge in [0.15, 0.2) is 5.78 Å². The van der Waals surface area contributed by atoms with Crippen molar-refractivity contribution >= 4 is 23.7 Å². The normalized spacial score (nSPS) is 14.9. The number of nitrogens with two attached hydrogens (primary N) is 1. The van der Waals surface area contributed by atoms with Crippen molar-refractivity contribution in [3.63, 3.8) is 0 Å². The van der Waals surface area contributed by atoms with Gasteiger partial charge >= 0.3 is 24.1 Å². The predicted octanol–water partition coefficient (Wildman–Crippen LogP) is 15.1. The van der Waals surface area contributed by atoms with Gasteiger partial charge in [-0.3, -0.25) is 28.9 Å². The smallest absolute Gasteiger partial charge is 0.416 e. The van der Waals surface area contributed by atoms with E-state index in [2.05, 4.69) is 49.9 Å². The number of benzene rings is 4. The van der Waals surface area contributed by atoms with Crippen LogP contribution >= 0.6 is 0 Å². The monoisotopic (exact) mass is 1380 g/mol. The van der Waals surface area contributed by atoms with Crippen LogP contribution in [0.2, 0.25) is 0 Å². The van der Waals surface area contributed by atoms with Gasteiger partial charge in [0.25, 0.3) is 11.1 Å². The lowest BCUT2D eigenvalue weighted by atomic mass is 9.83. The van der Waals surface area contributed by atoms with E-state index in [0.29, 0.717) is 60.3 Å². The van der Waals surface area contributed by atoms with Crippen LogP contribution in [0, 0.1) is 91.7 Å². The molecule has 20 heteroatoms. The maximum atomic E-state index is 16.1. The number of pyridine rings is 2. The van der Waals surface area contributed by atoms with Gasteiger partial charge in [-0.05, 0) is 222 Å². The number of carbonyl (C=O) groups excluding carboxylic acids is 3. The van der Waals surface area contributed by atoms with E-state index in [1.54, 1.807) is 71.4 Å². The van der Waals surface area contributed by atoms with Crippen LogP contribution in [0.3, 0.4) is 0 Å². The number of aliphatic carboxylic acids is 1. The van der Waals surface area contributed by atoms with Crippen molar-refractivity contribution < 1.29 is 60.4 Å². The minimum atomic E-state index is -4.67. The van der Waals surface area contributed by atoms with Crippen LogP contribution in [0.1, 0.15) is 183 Å². The molecule has 4 heterocycles. The van der Waals surface area contributed by atoms with Crippen molar-refractivity contribution in [2.24, 2.45) is 23.5 Å². The summed E-state index contributed by atoms with van der Waals surface area (Å²) in [7, 11) is 1.58. The molecule has 8 rings (SSSR count). The molecule has 2 aliphatic heterocycles. The minimum Gasteiger partial charge on any atom is -0.480 e. The number of alkyl halides is 3. The van der Waals surface area contributed by atoms with Gasteiger partial charge in [0.05, 0.1) is 43.8 Å². The highest BCUT2D eigenvalue weighted by molar-refractivity contribution is 5.85. The second-order valence-corrected chi connectivity index (χ2v) is 28.2. The number of ether oxygens (including phenoxy) is 3.